The summed E-state index contributed by atoms with van der Waals surface area (Å²) in [7, 11) is 1.68. The minimum absolute atomic E-state index is 0.0104. The Morgan fingerprint density at radius 1 is 1.06 bits per heavy atom. The van der Waals surface area contributed by atoms with Gasteiger partial charge in [-0.05, 0) is 30.2 Å². The van der Waals surface area contributed by atoms with Crippen molar-refractivity contribution in [2.75, 3.05) is 7.11 Å². The normalized spacial score (nSPS) is 15.9. The molecule has 0 atom stereocenters. The van der Waals surface area contributed by atoms with Gasteiger partial charge in [0, 0.05) is 11.8 Å². The fourth-order valence-corrected chi connectivity index (χ4v) is 2.34. The number of allylic oxidation sites excluding steroid dienone is 4. The zero-order chi connectivity index (χ0) is 13.2. The monoisotopic (exact) mass is 244 g/mol. The van der Waals surface area contributed by atoms with Gasteiger partial charge in [-0.15, -0.1) is 0 Å². The number of aliphatic hydroxyl groups excluding tert-OH is 1. The summed E-state index contributed by atoms with van der Waals surface area (Å²) in [6, 6.07) is 8.21. The van der Waals surface area contributed by atoms with E-state index in [9.17, 15) is 5.11 Å². The van der Waals surface area contributed by atoms with Crippen molar-refractivity contribution in [1.29, 1.82) is 0 Å². The maximum atomic E-state index is 9.43. The van der Waals surface area contributed by atoms with Gasteiger partial charge in [0.15, 0.2) is 0 Å². The summed E-state index contributed by atoms with van der Waals surface area (Å²) >= 11 is 0. The SMILES string of the molecule is COc1ccc(C(C)(C)C2=CC=C(O)CC2)cc1. The Bertz CT molecular complexity index is 478. The second-order valence-electron chi connectivity index (χ2n) is 5.20. The lowest BCUT2D eigenvalue weighted by Gasteiger charge is -2.30. The molecule has 0 aliphatic heterocycles. The quantitative estimate of drug-likeness (QED) is 0.866. The van der Waals surface area contributed by atoms with Crippen LogP contribution >= 0.6 is 0 Å². The summed E-state index contributed by atoms with van der Waals surface area (Å²) in [5.74, 6) is 1.36. The van der Waals surface area contributed by atoms with E-state index < -0.39 is 0 Å². The van der Waals surface area contributed by atoms with Gasteiger partial charge in [0.05, 0.1) is 12.9 Å². The van der Waals surface area contributed by atoms with Crippen molar-refractivity contribution in [2.45, 2.75) is 32.1 Å². The van der Waals surface area contributed by atoms with Crippen molar-refractivity contribution in [3.63, 3.8) is 0 Å². The van der Waals surface area contributed by atoms with E-state index in [4.69, 9.17) is 4.74 Å². The Kier molecular flexibility index (Phi) is 3.46. The fourth-order valence-electron chi connectivity index (χ4n) is 2.34. The molecule has 2 nitrogen and oxygen atoms in total. The molecule has 1 aliphatic carbocycles. The Morgan fingerprint density at radius 2 is 1.72 bits per heavy atom. The van der Waals surface area contributed by atoms with Crippen molar-refractivity contribution in [3.8, 4) is 5.75 Å². The summed E-state index contributed by atoms with van der Waals surface area (Å²) in [4.78, 5) is 0. The summed E-state index contributed by atoms with van der Waals surface area (Å²) < 4.78 is 5.18. The lowest BCUT2D eigenvalue weighted by Crippen LogP contribution is -2.21. The molecule has 1 N–H and O–H groups in total. The second kappa shape index (κ2) is 4.89. The van der Waals surface area contributed by atoms with Gasteiger partial charge in [0.2, 0.25) is 0 Å². The van der Waals surface area contributed by atoms with Crippen LogP contribution in [0.25, 0.3) is 0 Å². The number of aliphatic hydroxyl groups is 1. The third-order valence-corrected chi connectivity index (χ3v) is 3.74. The lowest BCUT2D eigenvalue weighted by molar-refractivity contribution is 0.381. The molecule has 0 saturated carbocycles. The standard InChI is InChI=1S/C16H20O2/c1-16(2,12-4-8-14(17)9-5-12)13-6-10-15(18-3)11-7-13/h4,6-8,10-11,17H,5,9H2,1-3H3. The molecule has 1 aromatic rings. The Morgan fingerprint density at radius 3 is 2.22 bits per heavy atom. The highest BCUT2D eigenvalue weighted by molar-refractivity contribution is 5.40. The first-order valence-electron chi connectivity index (χ1n) is 6.28. The molecule has 0 bridgehead atoms. The number of methoxy groups -OCH3 is 1. The van der Waals surface area contributed by atoms with Gasteiger partial charge in [-0.1, -0.05) is 37.6 Å². The summed E-state index contributed by atoms with van der Waals surface area (Å²) in [6.45, 7) is 4.44. The highest BCUT2D eigenvalue weighted by Gasteiger charge is 2.26. The van der Waals surface area contributed by atoms with Crippen molar-refractivity contribution in [1.82, 2.24) is 0 Å². The molecule has 0 radical (unpaired) electrons. The molecule has 0 spiro atoms. The number of ether oxygens (including phenoxy) is 1. The van der Waals surface area contributed by atoms with E-state index >= 15 is 0 Å². The highest BCUT2D eigenvalue weighted by atomic mass is 16.5. The van der Waals surface area contributed by atoms with Crippen LogP contribution in [-0.4, -0.2) is 12.2 Å². The molecule has 2 heteroatoms. The molecule has 0 fully saturated rings. The van der Waals surface area contributed by atoms with Crippen molar-refractivity contribution >= 4 is 0 Å². The largest absolute Gasteiger partial charge is 0.512 e. The van der Waals surface area contributed by atoms with Gasteiger partial charge in [-0.3, -0.25) is 0 Å². The van der Waals surface area contributed by atoms with Crippen LogP contribution in [0.2, 0.25) is 0 Å². The predicted octanol–water partition coefficient (Wildman–Crippen LogP) is 4.13. The zero-order valence-corrected chi connectivity index (χ0v) is 11.2. The van der Waals surface area contributed by atoms with Crippen LogP contribution in [0, 0.1) is 0 Å². The average molecular weight is 244 g/mol. The van der Waals surface area contributed by atoms with Gasteiger partial charge in [-0.2, -0.15) is 0 Å². The Labute approximate surface area is 109 Å². The molecule has 1 aromatic carbocycles. The molecule has 2 rings (SSSR count). The summed E-state index contributed by atoms with van der Waals surface area (Å²) in [5.41, 5.74) is 2.61. The predicted molar refractivity (Wildman–Crippen MR) is 74.0 cm³/mol. The Hall–Kier alpha value is -1.70. The van der Waals surface area contributed by atoms with E-state index in [0.29, 0.717) is 5.76 Å². The third-order valence-electron chi connectivity index (χ3n) is 3.74. The molecule has 0 unspecified atom stereocenters. The molecule has 96 valence electrons. The number of benzene rings is 1. The molecule has 0 amide bonds. The first-order chi connectivity index (χ1) is 8.54. The first-order valence-corrected chi connectivity index (χ1v) is 6.28. The van der Waals surface area contributed by atoms with Crippen LogP contribution in [0.15, 0.2) is 47.7 Å². The molecule has 0 heterocycles. The number of hydrogen-bond donors (Lipinski definition) is 1. The minimum Gasteiger partial charge on any atom is -0.512 e. The maximum absolute atomic E-state index is 9.43. The van der Waals surface area contributed by atoms with Gasteiger partial charge < -0.3 is 9.84 Å². The van der Waals surface area contributed by atoms with Crippen LogP contribution in [0.1, 0.15) is 32.3 Å². The maximum Gasteiger partial charge on any atom is 0.118 e. The Balaban J connectivity index is 2.29. The molecule has 0 saturated heterocycles. The van der Waals surface area contributed by atoms with Crippen LogP contribution in [0.5, 0.6) is 5.75 Å². The topological polar surface area (TPSA) is 29.5 Å². The highest BCUT2D eigenvalue weighted by Crippen LogP contribution is 2.36. The van der Waals surface area contributed by atoms with Crippen LogP contribution in [0.4, 0.5) is 0 Å². The van der Waals surface area contributed by atoms with Crippen molar-refractivity contribution in [3.05, 3.63) is 53.3 Å². The molecule has 18 heavy (non-hydrogen) atoms. The molecular formula is C16H20O2. The molecular weight excluding hydrogens is 224 g/mol. The van der Waals surface area contributed by atoms with E-state index in [1.807, 2.05) is 24.3 Å². The second-order valence-corrected chi connectivity index (χ2v) is 5.20. The van der Waals surface area contributed by atoms with E-state index in [1.54, 1.807) is 7.11 Å². The van der Waals surface area contributed by atoms with Gasteiger partial charge >= 0.3 is 0 Å². The van der Waals surface area contributed by atoms with E-state index in [-0.39, 0.29) is 5.41 Å². The van der Waals surface area contributed by atoms with E-state index in [1.165, 1.54) is 11.1 Å². The minimum atomic E-state index is -0.0104. The van der Waals surface area contributed by atoms with Gasteiger partial charge in [0.1, 0.15) is 5.75 Å². The average Bonchev–Trinajstić information content (AvgIpc) is 2.39. The van der Waals surface area contributed by atoms with Gasteiger partial charge in [-0.25, -0.2) is 0 Å². The van der Waals surface area contributed by atoms with Crippen LogP contribution in [-0.2, 0) is 5.41 Å². The third kappa shape index (κ3) is 2.42. The number of rotatable bonds is 3. The molecule has 0 aromatic heterocycles. The summed E-state index contributed by atoms with van der Waals surface area (Å²) in [5, 5.41) is 9.43. The van der Waals surface area contributed by atoms with Crippen molar-refractivity contribution in [2.24, 2.45) is 0 Å². The first kappa shape index (κ1) is 12.7. The van der Waals surface area contributed by atoms with Crippen molar-refractivity contribution < 1.29 is 9.84 Å². The fraction of sp³-hybridized carbons (Fsp3) is 0.375. The smallest absolute Gasteiger partial charge is 0.118 e. The van der Waals surface area contributed by atoms with E-state index in [0.717, 1.165) is 18.6 Å². The van der Waals surface area contributed by atoms with Crippen LogP contribution < -0.4 is 4.74 Å². The van der Waals surface area contributed by atoms with Crippen LogP contribution in [0.3, 0.4) is 0 Å². The number of hydrogen-bond acceptors (Lipinski definition) is 2. The summed E-state index contributed by atoms with van der Waals surface area (Å²) in [6.07, 6.45) is 5.51. The zero-order valence-electron chi connectivity index (χ0n) is 11.2. The van der Waals surface area contributed by atoms with Gasteiger partial charge in [0.25, 0.3) is 0 Å². The lowest BCUT2D eigenvalue weighted by atomic mass is 9.74. The molecule has 1 aliphatic rings. The van der Waals surface area contributed by atoms with E-state index in [2.05, 4.69) is 26.0 Å².